The van der Waals surface area contributed by atoms with Gasteiger partial charge in [-0.1, -0.05) is 32.0 Å². The normalized spacial score (nSPS) is 11.9. The molecule has 0 aliphatic heterocycles. The highest BCUT2D eigenvalue weighted by Gasteiger charge is 2.23. The summed E-state index contributed by atoms with van der Waals surface area (Å²) in [7, 11) is -3.56. The lowest BCUT2D eigenvalue weighted by molar-refractivity contribution is 0.445. The molecule has 0 amide bonds. The molecule has 6 nitrogen and oxygen atoms in total. The molecule has 1 N–H and O–H groups in total. The van der Waals surface area contributed by atoms with Gasteiger partial charge in [0.15, 0.2) is 0 Å². The van der Waals surface area contributed by atoms with Gasteiger partial charge >= 0.3 is 5.63 Å². The highest BCUT2D eigenvalue weighted by Crippen LogP contribution is 2.26. The number of hydrogen-bond donors (Lipinski definition) is 1. The number of nitrogens with zero attached hydrogens (tertiary/aromatic N) is 1. The highest BCUT2D eigenvalue weighted by molar-refractivity contribution is 7.89. The second kappa shape index (κ2) is 8.62. The third-order valence-electron chi connectivity index (χ3n) is 5.51. The van der Waals surface area contributed by atoms with Crippen LogP contribution in [-0.4, -0.2) is 25.8 Å². The summed E-state index contributed by atoms with van der Waals surface area (Å²) >= 11 is 0. The molecule has 30 heavy (non-hydrogen) atoms. The maximum absolute atomic E-state index is 13.0. The molecule has 1 aromatic heterocycles. The van der Waals surface area contributed by atoms with Crippen molar-refractivity contribution < 1.29 is 12.8 Å². The van der Waals surface area contributed by atoms with Crippen LogP contribution < -0.4 is 10.9 Å². The largest absolute Gasteiger partial charge is 0.422 e. The van der Waals surface area contributed by atoms with E-state index in [4.69, 9.17) is 4.42 Å². The molecule has 2 aromatic carbocycles. The number of fused-ring (bicyclic) bond motifs is 1. The molecule has 1 heterocycles. The summed E-state index contributed by atoms with van der Waals surface area (Å²) in [6.07, 6.45) is 0. The van der Waals surface area contributed by atoms with E-state index in [2.05, 4.69) is 5.32 Å². The van der Waals surface area contributed by atoms with E-state index in [0.29, 0.717) is 41.4 Å². The number of rotatable bonds is 7. The van der Waals surface area contributed by atoms with E-state index < -0.39 is 15.6 Å². The van der Waals surface area contributed by atoms with Gasteiger partial charge in [0.2, 0.25) is 10.0 Å². The Labute approximate surface area is 177 Å². The molecule has 3 aromatic rings. The van der Waals surface area contributed by atoms with Gasteiger partial charge in [0, 0.05) is 36.8 Å². The Morgan fingerprint density at radius 3 is 2.30 bits per heavy atom. The topological polar surface area (TPSA) is 79.6 Å². The third kappa shape index (κ3) is 4.13. The molecular formula is C23H28N2O4S. The first kappa shape index (κ1) is 22.1. The second-order valence-electron chi connectivity index (χ2n) is 7.40. The molecular weight excluding hydrogens is 400 g/mol. The van der Waals surface area contributed by atoms with Crippen LogP contribution in [0.3, 0.4) is 0 Å². The monoisotopic (exact) mass is 428 g/mol. The maximum atomic E-state index is 13.0. The van der Waals surface area contributed by atoms with E-state index in [9.17, 15) is 13.2 Å². The molecule has 0 saturated carbocycles. The van der Waals surface area contributed by atoms with Crippen LogP contribution in [0.2, 0.25) is 0 Å². The summed E-state index contributed by atoms with van der Waals surface area (Å²) in [6, 6.07) is 10.7. The molecule has 0 saturated heterocycles. The fourth-order valence-corrected chi connectivity index (χ4v) is 5.27. The predicted octanol–water partition coefficient (Wildman–Crippen LogP) is 4.36. The highest BCUT2D eigenvalue weighted by atomic mass is 32.2. The van der Waals surface area contributed by atoms with Crippen molar-refractivity contribution in [1.82, 2.24) is 4.31 Å². The molecule has 0 spiro atoms. The minimum Gasteiger partial charge on any atom is -0.422 e. The Hall–Kier alpha value is -2.64. The van der Waals surface area contributed by atoms with Crippen molar-refractivity contribution >= 4 is 26.7 Å². The molecule has 0 aliphatic rings. The second-order valence-corrected chi connectivity index (χ2v) is 9.30. The Kier molecular flexibility index (Phi) is 6.33. The van der Waals surface area contributed by atoms with E-state index >= 15 is 0 Å². The number of sulfonamides is 1. The molecule has 7 heteroatoms. The van der Waals surface area contributed by atoms with Crippen molar-refractivity contribution in [2.24, 2.45) is 0 Å². The standard InChI is InChI=1S/C23H28N2O4S/c1-6-25(7-2)30(27,28)21-13-19(10-8-16(21)4)24-14-18-12-22(26)29-23-17(5)15(3)9-11-20(18)23/h8-13,24H,6-7,14H2,1-5H3. The van der Waals surface area contributed by atoms with Crippen molar-refractivity contribution in [1.29, 1.82) is 0 Å². The van der Waals surface area contributed by atoms with Gasteiger partial charge in [-0.05, 0) is 55.2 Å². The number of aryl methyl sites for hydroxylation is 3. The lowest BCUT2D eigenvalue weighted by atomic mass is 10.0. The zero-order valence-corrected chi connectivity index (χ0v) is 18.9. The van der Waals surface area contributed by atoms with Gasteiger partial charge < -0.3 is 9.73 Å². The predicted molar refractivity (Wildman–Crippen MR) is 121 cm³/mol. The first-order valence-electron chi connectivity index (χ1n) is 10.1. The lowest BCUT2D eigenvalue weighted by Crippen LogP contribution is -2.31. The fourth-order valence-electron chi connectivity index (χ4n) is 3.56. The molecule has 0 fully saturated rings. The summed E-state index contributed by atoms with van der Waals surface area (Å²) in [4.78, 5) is 12.4. The Morgan fingerprint density at radius 2 is 1.63 bits per heavy atom. The van der Waals surface area contributed by atoms with Crippen LogP contribution in [0.1, 0.15) is 36.1 Å². The van der Waals surface area contributed by atoms with Crippen LogP contribution in [-0.2, 0) is 16.6 Å². The molecule has 0 radical (unpaired) electrons. The molecule has 3 rings (SSSR count). The van der Waals surface area contributed by atoms with Crippen LogP contribution in [0.5, 0.6) is 0 Å². The van der Waals surface area contributed by atoms with Gasteiger partial charge in [-0.15, -0.1) is 0 Å². The summed E-state index contributed by atoms with van der Waals surface area (Å²) in [5.74, 6) is 0. The summed E-state index contributed by atoms with van der Waals surface area (Å²) in [6.45, 7) is 10.6. The van der Waals surface area contributed by atoms with Gasteiger partial charge in [-0.25, -0.2) is 13.2 Å². The van der Waals surface area contributed by atoms with Gasteiger partial charge in [0.1, 0.15) is 5.58 Å². The van der Waals surface area contributed by atoms with E-state index in [1.807, 2.05) is 45.9 Å². The molecule has 0 aliphatic carbocycles. The van der Waals surface area contributed by atoms with Gasteiger partial charge in [0.05, 0.1) is 4.90 Å². The average molecular weight is 429 g/mol. The minimum atomic E-state index is -3.56. The van der Waals surface area contributed by atoms with Crippen LogP contribution in [0.4, 0.5) is 5.69 Å². The number of hydrogen-bond acceptors (Lipinski definition) is 5. The van der Waals surface area contributed by atoms with Crippen molar-refractivity contribution in [2.45, 2.75) is 46.1 Å². The Balaban J connectivity index is 1.96. The van der Waals surface area contributed by atoms with Gasteiger partial charge in [-0.3, -0.25) is 0 Å². The third-order valence-corrected chi connectivity index (χ3v) is 7.70. The van der Waals surface area contributed by atoms with Crippen LogP contribution in [0.25, 0.3) is 11.0 Å². The Bertz CT molecular complexity index is 1240. The van der Waals surface area contributed by atoms with Crippen molar-refractivity contribution in [2.75, 3.05) is 18.4 Å². The molecule has 0 bridgehead atoms. The van der Waals surface area contributed by atoms with Crippen LogP contribution >= 0.6 is 0 Å². The number of nitrogens with one attached hydrogen (secondary N) is 1. The summed E-state index contributed by atoms with van der Waals surface area (Å²) in [5, 5.41) is 4.13. The zero-order chi connectivity index (χ0) is 22.1. The minimum absolute atomic E-state index is 0.292. The summed E-state index contributed by atoms with van der Waals surface area (Å²) < 4.78 is 32.8. The SMILES string of the molecule is CCN(CC)S(=O)(=O)c1cc(NCc2cc(=O)oc3c(C)c(C)ccc23)ccc1C. The van der Waals surface area contributed by atoms with E-state index in [-0.39, 0.29) is 0 Å². The Morgan fingerprint density at radius 1 is 0.967 bits per heavy atom. The van der Waals surface area contributed by atoms with Crippen LogP contribution in [0.15, 0.2) is 50.5 Å². The van der Waals surface area contributed by atoms with E-state index in [1.54, 1.807) is 19.1 Å². The molecule has 0 atom stereocenters. The fraction of sp³-hybridized carbons (Fsp3) is 0.348. The van der Waals surface area contributed by atoms with E-state index in [1.165, 1.54) is 10.4 Å². The first-order valence-corrected chi connectivity index (χ1v) is 11.5. The number of benzene rings is 2. The van der Waals surface area contributed by atoms with E-state index in [0.717, 1.165) is 22.1 Å². The molecule has 160 valence electrons. The summed E-state index contributed by atoms with van der Waals surface area (Å²) in [5.41, 5.74) is 4.36. The smallest absolute Gasteiger partial charge is 0.336 e. The maximum Gasteiger partial charge on any atom is 0.336 e. The van der Waals surface area contributed by atoms with Gasteiger partial charge in [-0.2, -0.15) is 4.31 Å². The lowest BCUT2D eigenvalue weighted by Gasteiger charge is -2.20. The number of anilines is 1. The molecule has 0 unspecified atom stereocenters. The average Bonchev–Trinajstić information content (AvgIpc) is 2.70. The first-order chi connectivity index (χ1) is 14.2. The quantitative estimate of drug-likeness (QED) is 0.566. The van der Waals surface area contributed by atoms with Crippen molar-refractivity contribution in [3.05, 3.63) is 69.1 Å². The van der Waals surface area contributed by atoms with Crippen molar-refractivity contribution in [3.63, 3.8) is 0 Å². The van der Waals surface area contributed by atoms with Gasteiger partial charge in [0.25, 0.3) is 0 Å². The van der Waals surface area contributed by atoms with Crippen LogP contribution in [0, 0.1) is 20.8 Å². The zero-order valence-electron chi connectivity index (χ0n) is 18.1. The van der Waals surface area contributed by atoms with Crippen molar-refractivity contribution in [3.8, 4) is 0 Å².